The molecule has 1 aliphatic heterocycles. The molecule has 140 valence electrons. The third-order valence-corrected chi connectivity index (χ3v) is 5.11. The van der Waals surface area contributed by atoms with E-state index in [1.807, 2.05) is 61.0 Å². The number of amides is 1. The highest BCUT2D eigenvalue weighted by molar-refractivity contribution is 7.98. The van der Waals surface area contributed by atoms with Crippen molar-refractivity contribution in [2.75, 3.05) is 18.2 Å². The van der Waals surface area contributed by atoms with Crippen molar-refractivity contribution in [1.82, 2.24) is 9.38 Å². The van der Waals surface area contributed by atoms with E-state index in [-0.39, 0.29) is 12.0 Å². The number of pyridine rings is 1. The van der Waals surface area contributed by atoms with Gasteiger partial charge in [0.15, 0.2) is 10.9 Å². The van der Waals surface area contributed by atoms with Crippen LogP contribution in [0.1, 0.15) is 29.9 Å². The number of fused-ring (bicyclic) bond motifs is 2. The van der Waals surface area contributed by atoms with Gasteiger partial charge < -0.3 is 14.8 Å². The topological polar surface area (TPSA) is 64.9 Å². The number of carbonyl (C=O) groups is 1. The van der Waals surface area contributed by atoms with E-state index in [9.17, 15) is 4.79 Å². The first-order chi connectivity index (χ1) is 13.1. The van der Waals surface area contributed by atoms with Crippen LogP contribution < -0.4 is 14.8 Å². The van der Waals surface area contributed by atoms with Crippen LogP contribution >= 0.6 is 11.8 Å². The number of thioether (sulfide) groups is 1. The van der Waals surface area contributed by atoms with E-state index in [0.29, 0.717) is 23.7 Å². The molecule has 1 N–H and O–H groups in total. The SMILES string of the molecule is CCOc1cc2c(cc1NC(=O)c1nc(SC)n3ccccc13)OC(C)C2. The zero-order valence-electron chi connectivity index (χ0n) is 15.5. The molecule has 4 rings (SSSR count). The second-order valence-corrected chi connectivity index (χ2v) is 7.15. The first-order valence-corrected chi connectivity index (χ1v) is 10.1. The lowest BCUT2D eigenvalue weighted by molar-refractivity contribution is 0.102. The summed E-state index contributed by atoms with van der Waals surface area (Å²) in [5.74, 6) is 1.17. The molecule has 0 saturated heterocycles. The van der Waals surface area contributed by atoms with Crippen molar-refractivity contribution in [3.8, 4) is 11.5 Å². The van der Waals surface area contributed by atoms with E-state index in [4.69, 9.17) is 9.47 Å². The van der Waals surface area contributed by atoms with Gasteiger partial charge in [-0.25, -0.2) is 4.98 Å². The molecule has 0 spiro atoms. The number of ether oxygens (including phenoxy) is 2. The van der Waals surface area contributed by atoms with Gasteiger partial charge in [-0.15, -0.1) is 0 Å². The van der Waals surface area contributed by atoms with Gasteiger partial charge in [-0.2, -0.15) is 0 Å². The quantitative estimate of drug-likeness (QED) is 0.674. The molecule has 6 nitrogen and oxygen atoms in total. The molecular formula is C20H21N3O3S. The summed E-state index contributed by atoms with van der Waals surface area (Å²) in [4.78, 5) is 17.5. The molecular weight excluding hydrogens is 362 g/mol. The molecule has 1 amide bonds. The summed E-state index contributed by atoms with van der Waals surface area (Å²) in [6.45, 7) is 4.47. The number of hydrogen-bond donors (Lipinski definition) is 1. The summed E-state index contributed by atoms with van der Waals surface area (Å²) < 4.78 is 13.5. The van der Waals surface area contributed by atoms with Gasteiger partial charge in [0, 0.05) is 24.2 Å². The van der Waals surface area contributed by atoms with E-state index in [1.54, 1.807) is 0 Å². The van der Waals surface area contributed by atoms with Crippen LogP contribution in [0.15, 0.2) is 41.7 Å². The lowest BCUT2D eigenvalue weighted by Crippen LogP contribution is -2.14. The summed E-state index contributed by atoms with van der Waals surface area (Å²) in [7, 11) is 0. The molecule has 0 radical (unpaired) electrons. The van der Waals surface area contributed by atoms with Gasteiger partial charge >= 0.3 is 0 Å². The van der Waals surface area contributed by atoms with Gasteiger partial charge in [0.2, 0.25) is 0 Å². The maximum Gasteiger partial charge on any atom is 0.276 e. The standard InChI is InChI=1S/C20H21N3O3S/c1-4-25-17-10-13-9-12(2)26-16(13)11-14(17)21-19(24)18-15-7-5-6-8-23(15)20(22-18)27-3/h5-8,10-12H,4,9H2,1-3H3,(H,21,24). The number of aromatic nitrogens is 2. The molecule has 0 aliphatic carbocycles. The fourth-order valence-corrected chi connectivity index (χ4v) is 3.85. The molecule has 7 heteroatoms. The van der Waals surface area contributed by atoms with Crippen molar-refractivity contribution in [3.63, 3.8) is 0 Å². The zero-order chi connectivity index (χ0) is 19.0. The van der Waals surface area contributed by atoms with Crippen LogP contribution in [0.2, 0.25) is 0 Å². The monoisotopic (exact) mass is 383 g/mol. The molecule has 1 unspecified atom stereocenters. The summed E-state index contributed by atoms with van der Waals surface area (Å²) in [5, 5.41) is 3.73. The maximum atomic E-state index is 13.0. The molecule has 1 atom stereocenters. The Labute approximate surface area is 161 Å². The minimum absolute atomic E-state index is 0.127. The van der Waals surface area contributed by atoms with Crippen LogP contribution in [0.4, 0.5) is 5.69 Å². The van der Waals surface area contributed by atoms with Gasteiger partial charge in [-0.1, -0.05) is 17.8 Å². The van der Waals surface area contributed by atoms with Crippen molar-refractivity contribution in [1.29, 1.82) is 0 Å². The van der Waals surface area contributed by atoms with Crippen LogP contribution in [-0.2, 0) is 6.42 Å². The zero-order valence-corrected chi connectivity index (χ0v) is 16.3. The highest BCUT2D eigenvalue weighted by Crippen LogP contribution is 2.38. The van der Waals surface area contributed by atoms with E-state index in [2.05, 4.69) is 10.3 Å². The Hall–Kier alpha value is -2.67. The third kappa shape index (κ3) is 3.23. The average Bonchev–Trinajstić information content (AvgIpc) is 3.21. The number of nitrogens with zero attached hydrogens (tertiary/aromatic N) is 2. The summed E-state index contributed by atoms with van der Waals surface area (Å²) in [5.41, 5.74) is 2.85. The number of nitrogens with one attached hydrogen (secondary N) is 1. The van der Waals surface area contributed by atoms with Crippen LogP contribution in [0.25, 0.3) is 5.52 Å². The van der Waals surface area contributed by atoms with Crippen molar-refractivity contribution in [2.24, 2.45) is 0 Å². The van der Waals surface area contributed by atoms with Crippen molar-refractivity contribution >= 4 is 28.9 Å². The maximum absolute atomic E-state index is 13.0. The average molecular weight is 383 g/mol. The Bertz CT molecular complexity index is 1020. The molecule has 2 aromatic heterocycles. The van der Waals surface area contributed by atoms with Gasteiger partial charge in [-0.05, 0) is 38.3 Å². The van der Waals surface area contributed by atoms with Gasteiger partial charge in [0.05, 0.1) is 17.8 Å². The number of benzene rings is 1. The van der Waals surface area contributed by atoms with Crippen LogP contribution in [0, 0.1) is 0 Å². The predicted molar refractivity (Wildman–Crippen MR) is 106 cm³/mol. The second kappa shape index (κ2) is 7.15. The smallest absolute Gasteiger partial charge is 0.276 e. The van der Waals surface area contributed by atoms with Crippen LogP contribution in [-0.4, -0.2) is 34.3 Å². The Balaban J connectivity index is 1.70. The minimum atomic E-state index is -0.272. The van der Waals surface area contributed by atoms with Crippen molar-refractivity contribution in [2.45, 2.75) is 31.5 Å². The number of hydrogen-bond acceptors (Lipinski definition) is 5. The van der Waals surface area contributed by atoms with E-state index < -0.39 is 0 Å². The first-order valence-electron chi connectivity index (χ1n) is 8.89. The molecule has 0 fully saturated rings. The largest absolute Gasteiger partial charge is 0.492 e. The van der Waals surface area contributed by atoms with Crippen molar-refractivity contribution < 1.29 is 14.3 Å². The summed E-state index contributed by atoms with van der Waals surface area (Å²) in [6.07, 6.45) is 4.81. The number of imidazole rings is 1. The summed E-state index contributed by atoms with van der Waals surface area (Å²) in [6, 6.07) is 9.50. The molecule has 3 heterocycles. The van der Waals surface area contributed by atoms with Crippen LogP contribution in [0.5, 0.6) is 11.5 Å². The van der Waals surface area contributed by atoms with Gasteiger partial charge in [0.1, 0.15) is 17.6 Å². The van der Waals surface area contributed by atoms with Gasteiger partial charge in [0.25, 0.3) is 5.91 Å². The number of anilines is 1. The third-order valence-electron chi connectivity index (χ3n) is 4.46. The molecule has 0 bridgehead atoms. The number of rotatable bonds is 5. The fourth-order valence-electron chi connectivity index (χ4n) is 3.31. The second-order valence-electron chi connectivity index (χ2n) is 6.38. The van der Waals surface area contributed by atoms with E-state index in [1.165, 1.54) is 11.8 Å². The van der Waals surface area contributed by atoms with Crippen LogP contribution in [0.3, 0.4) is 0 Å². The first kappa shape index (κ1) is 17.7. The van der Waals surface area contributed by atoms with Crippen molar-refractivity contribution in [3.05, 3.63) is 47.8 Å². The Kier molecular flexibility index (Phi) is 4.70. The number of carbonyl (C=O) groups excluding carboxylic acids is 1. The summed E-state index contributed by atoms with van der Waals surface area (Å²) >= 11 is 1.50. The Morgan fingerprint density at radius 3 is 3.07 bits per heavy atom. The molecule has 27 heavy (non-hydrogen) atoms. The Morgan fingerprint density at radius 1 is 1.44 bits per heavy atom. The molecule has 1 aromatic carbocycles. The highest BCUT2D eigenvalue weighted by atomic mass is 32.2. The fraction of sp³-hybridized carbons (Fsp3) is 0.300. The van der Waals surface area contributed by atoms with E-state index >= 15 is 0 Å². The molecule has 0 saturated carbocycles. The molecule has 1 aliphatic rings. The predicted octanol–water partition coefficient (Wildman–Crippen LogP) is 4.03. The van der Waals surface area contributed by atoms with E-state index in [0.717, 1.165) is 28.4 Å². The van der Waals surface area contributed by atoms with Gasteiger partial charge in [-0.3, -0.25) is 9.20 Å². The lowest BCUT2D eigenvalue weighted by atomic mass is 10.1. The normalized spacial score (nSPS) is 15.4. The lowest BCUT2D eigenvalue weighted by Gasteiger charge is -2.13. The Morgan fingerprint density at radius 2 is 2.30 bits per heavy atom. The minimum Gasteiger partial charge on any atom is -0.492 e. The molecule has 3 aromatic rings. The highest BCUT2D eigenvalue weighted by Gasteiger charge is 2.24.